The summed E-state index contributed by atoms with van der Waals surface area (Å²) >= 11 is 15.3. The number of hydrogen-bond donors (Lipinski definition) is 2. The topological polar surface area (TPSA) is 66.4 Å². The van der Waals surface area contributed by atoms with Crippen LogP contribution in [0.5, 0.6) is 0 Å². The number of benzene rings is 2. The molecule has 0 aromatic heterocycles. The fraction of sp³-hybridized carbons (Fsp3) is 0. The Morgan fingerprint density at radius 3 is 1.83 bits per heavy atom. The number of hydrogen-bond acceptors (Lipinski definition) is 2. The number of carbonyl (C=O) groups is 2. The van der Waals surface area contributed by atoms with Gasteiger partial charge < -0.3 is 10.4 Å². The summed E-state index contributed by atoms with van der Waals surface area (Å²) in [5, 5.41) is 12.2. The number of carboxylic acids is 1. The van der Waals surface area contributed by atoms with Gasteiger partial charge in [0.15, 0.2) is 0 Å². The van der Waals surface area contributed by atoms with Gasteiger partial charge in [-0.2, -0.15) is 0 Å². The monoisotopic (exact) mass is 679 g/mol. The quantitative estimate of drug-likeness (QED) is 0.227. The molecular weight excluding hydrogens is 677 g/mol. The summed E-state index contributed by atoms with van der Waals surface area (Å²) in [6, 6.07) is 7.18. The molecule has 1 amide bonds. The number of aromatic carboxylic acids is 1. The first kappa shape index (κ1) is 19.4. The maximum Gasteiger partial charge on any atom is 0.337 e. The van der Waals surface area contributed by atoms with Crippen molar-refractivity contribution >= 4 is 104 Å². The number of amides is 1. The van der Waals surface area contributed by atoms with Gasteiger partial charge in [0.05, 0.1) is 11.1 Å². The summed E-state index contributed by atoms with van der Waals surface area (Å²) in [6.45, 7) is 0. The van der Waals surface area contributed by atoms with Crippen molar-refractivity contribution in [2.75, 3.05) is 5.32 Å². The average molecular weight is 683 g/mol. The Balaban J connectivity index is 2.55. The molecule has 0 spiro atoms. The zero-order chi connectivity index (χ0) is 17.3. The minimum Gasteiger partial charge on any atom is -0.478 e. The van der Waals surface area contributed by atoms with E-state index in [1.807, 2.05) is 12.1 Å². The second-order valence-corrected chi connectivity index (χ2v) is 8.69. The summed E-state index contributed by atoms with van der Waals surface area (Å²) < 4.78 is 2.72. The third-order valence-electron chi connectivity index (χ3n) is 2.81. The molecule has 23 heavy (non-hydrogen) atoms. The van der Waals surface area contributed by atoms with E-state index in [9.17, 15) is 14.7 Å². The van der Waals surface area contributed by atoms with E-state index in [2.05, 4.69) is 91.6 Å². The van der Waals surface area contributed by atoms with E-state index in [0.29, 0.717) is 19.1 Å². The Kier molecular flexibility index (Phi) is 6.68. The maximum atomic E-state index is 12.6. The molecule has 0 bridgehead atoms. The van der Waals surface area contributed by atoms with Gasteiger partial charge >= 0.3 is 5.97 Å². The molecular formula is C14H6Br4INO3. The fourth-order valence-electron chi connectivity index (χ4n) is 1.77. The Labute approximate surface area is 179 Å². The van der Waals surface area contributed by atoms with Crippen LogP contribution in [0.2, 0.25) is 0 Å². The highest BCUT2D eigenvalue weighted by atomic mass is 127. The van der Waals surface area contributed by atoms with Gasteiger partial charge in [-0.1, -0.05) is 0 Å². The highest BCUT2D eigenvalue weighted by Crippen LogP contribution is 2.42. The van der Waals surface area contributed by atoms with E-state index < -0.39 is 11.9 Å². The van der Waals surface area contributed by atoms with E-state index >= 15 is 0 Å². The largest absolute Gasteiger partial charge is 0.478 e. The number of carbonyl (C=O) groups excluding carboxylic acids is 1. The van der Waals surface area contributed by atoms with Crippen molar-refractivity contribution in [3.63, 3.8) is 0 Å². The van der Waals surface area contributed by atoms with E-state index in [1.165, 1.54) is 0 Å². The molecule has 0 saturated heterocycles. The van der Waals surface area contributed by atoms with Gasteiger partial charge in [-0.15, -0.1) is 0 Å². The van der Waals surface area contributed by atoms with Crippen LogP contribution in [0.15, 0.2) is 42.2 Å². The lowest BCUT2D eigenvalue weighted by atomic mass is 10.1. The Morgan fingerprint density at radius 1 is 0.870 bits per heavy atom. The van der Waals surface area contributed by atoms with Crippen molar-refractivity contribution in [2.45, 2.75) is 0 Å². The third kappa shape index (κ3) is 4.17. The van der Waals surface area contributed by atoms with Crippen molar-refractivity contribution in [2.24, 2.45) is 0 Å². The minimum absolute atomic E-state index is 0.0259. The zero-order valence-corrected chi connectivity index (χ0v) is 19.5. The summed E-state index contributed by atoms with van der Waals surface area (Å²) in [7, 11) is 0. The molecule has 2 aromatic rings. The molecule has 0 saturated carbocycles. The first-order valence-electron chi connectivity index (χ1n) is 5.90. The second-order valence-electron chi connectivity index (χ2n) is 4.27. The maximum absolute atomic E-state index is 12.6. The van der Waals surface area contributed by atoms with Crippen LogP contribution in [0.3, 0.4) is 0 Å². The van der Waals surface area contributed by atoms with Crippen LogP contribution < -0.4 is 5.32 Å². The lowest BCUT2D eigenvalue weighted by Gasteiger charge is -2.14. The van der Waals surface area contributed by atoms with E-state index in [-0.39, 0.29) is 15.6 Å². The van der Waals surface area contributed by atoms with Gasteiger partial charge in [0.1, 0.15) is 0 Å². The number of nitrogens with one attached hydrogen (secondary N) is 1. The van der Waals surface area contributed by atoms with Crippen LogP contribution in [0.4, 0.5) is 5.69 Å². The van der Waals surface area contributed by atoms with E-state index in [1.54, 1.807) is 12.1 Å². The molecule has 0 atom stereocenters. The summed E-state index contributed by atoms with van der Waals surface area (Å²) in [6.07, 6.45) is 0. The summed E-state index contributed by atoms with van der Waals surface area (Å²) in [5.74, 6) is -1.73. The van der Waals surface area contributed by atoms with Crippen LogP contribution in [-0.4, -0.2) is 17.0 Å². The van der Waals surface area contributed by atoms with Gasteiger partial charge in [-0.3, -0.25) is 4.79 Å². The number of halogens is 5. The van der Waals surface area contributed by atoms with Crippen molar-refractivity contribution in [3.05, 3.63) is 56.9 Å². The van der Waals surface area contributed by atoms with Crippen molar-refractivity contribution in [1.82, 2.24) is 0 Å². The lowest BCUT2D eigenvalue weighted by Crippen LogP contribution is -2.18. The molecule has 2 N–H and O–H groups in total. The van der Waals surface area contributed by atoms with Crippen LogP contribution in [0.1, 0.15) is 20.7 Å². The number of carboxylic acid groups (broad SMARTS) is 1. The van der Waals surface area contributed by atoms with Crippen molar-refractivity contribution in [1.29, 1.82) is 0 Å². The van der Waals surface area contributed by atoms with Crippen LogP contribution >= 0.6 is 86.3 Å². The third-order valence-corrected chi connectivity index (χ3v) is 8.30. The zero-order valence-electron chi connectivity index (χ0n) is 11.0. The first-order chi connectivity index (χ1) is 10.7. The normalized spacial score (nSPS) is 10.5. The molecule has 0 aliphatic carbocycles. The second kappa shape index (κ2) is 7.94. The molecule has 2 aromatic carbocycles. The molecule has 0 fully saturated rings. The number of anilines is 1. The van der Waals surface area contributed by atoms with Crippen molar-refractivity contribution < 1.29 is 14.7 Å². The summed E-state index contributed by atoms with van der Waals surface area (Å²) in [4.78, 5) is 24.2. The van der Waals surface area contributed by atoms with Crippen LogP contribution in [0, 0.1) is 3.57 Å². The first-order valence-corrected chi connectivity index (χ1v) is 10.1. The Hall–Kier alpha value is 0.0300. The molecule has 120 valence electrons. The average Bonchev–Trinajstić information content (AvgIpc) is 2.50. The number of rotatable bonds is 3. The van der Waals surface area contributed by atoms with Crippen molar-refractivity contribution in [3.8, 4) is 0 Å². The van der Waals surface area contributed by atoms with Gasteiger partial charge in [0.25, 0.3) is 5.91 Å². The molecule has 0 radical (unpaired) electrons. The highest BCUT2D eigenvalue weighted by Gasteiger charge is 2.27. The molecule has 4 nitrogen and oxygen atoms in total. The molecule has 0 aliphatic heterocycles. The summed E-state index contributed by atoms with van der Waals surface area (Å²) in [5.41, 5.74) is 0.474. The molecule has 9 heteroatoms. The molecule has 0 unspecified atom stereocenters. The van der Waals surface area contributed by atoms with Crippen LogP contribution in [0.25, 0.3) is 0 Å². The minimum atomic E-state index is -1.21. The SMILES string of the molecule is O=C(O)c1c(Br)c(Br)c(Br)c(Br)c1C(=O)Nc1ccc(I)cc1. The van der Waals surface area contributed by atoms with Crippen LogP contribution in [-0.2, 0) is 0 Å². The van der Waals surface area contributed by atoms with E-state index in [4.69, 9.17) is 0 Å². The van der Waals surface area contributed by atoms with E-state index in [0.717, 1.165) is 3.57 Å². The lowest BCUT2D eigenvalue weighted by molar-refractivity contribution is 0.0691. The Morgan fingerprint density at radius 2 is 1.35 bits per heavy atom. The van der Waals surface area contributed by atoms with Gasteiger partial charge in [0.2, 0.25) is 0 Å². The smallest absolute Gasteiger partial charge is 0.337 e. The molecule has 0 aliphatic rings. The predicted octanol–water partition coefficient (Wildman–Crippen LogP) is 6.29. The van der Waals surface area contributed by atoms with Gasteiger partial charge in [-0.25, -0.2) is 4.79 Å². The highest BCUT2D eigenvalue weighted by molar-refractivity contribution is 14.1. The standard InChI is InChI=1S/C14H6Br4INO3/c15-9-7(8(14(22)23)10(16)12(18)11(9)17)13(21)20-6-3-1-5(19)2-4-6/h1-4H,(H,20,21)(H,22,23). The fourth-order valence-corrected chi connectivity index (χ4v) is 4.60. The Bertz CT molecular complexity index is 809. The van der Waals surface area contributed by atoms with Gasteiger partial charge in [0, 0.05) is 27.1 Å². The van der Waals surface area contributed by atoms with Gasteiger partial charge in [-0.05, 0) is 111 Å². The molecule has 2 rings (SSSR count). The predicted molar refractivity (Wildman–Crippen MR) is 111 cm³/mol. The molecule has 0 heterocycles.